The molecule has 0 aliphatic rings. The van der Waals surface area contributed by atoms with Gasteiger partial charge in [0.15, 0.2) is 0 Å². The fourth-order valence-corrected chi connectivity index (χ4v) is 0.0668. The third-order valence-corrected chi connectivity index (χ3v) is 0.389. The lowest BCUT2D eigenvalue weighted by atomic mass is 10.7. The number of rotatable bonds is 2. The summed E-state index contributed by atoms with van der Waals surface area (Å²) in [6.07, 6.45) is -0.824. The van der Waals surface area contributed by atoms with Crippen molar-refractivity contribution in [1.82, 2.24) is 5.32 Å². The van der Waals surface area contributed by atoms with E-state index < -0.39 is 13.0 Å². The van der Waals surface area contributed by atoms with Crippen molar-refractivity contribution in [2.24, 2.45) is 0 Å². The van der Waals surface area contributed by atoms with E-state index in [1.54, 1.807) is 0 Å². The predicted molar refractivity (Wildman–Crippen MR) is 19.4 cm³/mol. The van der Waals surface area contributed by atoms with E-state index in [-0.39, 0.29) is 0 Å². The maximum absolute atomic E-state index is 11.3. The number of alkyl halides is 1. The molecule has 0 saturated heterocycles. The monoisotopic (exact) mass is 94.0 g/mol. The third-order valence-electron chi connectivity index (χ3n) is 0.389. The Morgan fingerprint density at radius 1 is 1.83 bits per heavy atom. The van der Waals surface area contributed by atoms with Crippen LogP contribution in [0.5, 0.6) is 0 Å². The molecule has 0 fully saturated rings. The minimum absolute atomic E-state index is 0.824. The average molecular weight is 94.1 g/mol. The van der Waals surface area contributed by atoms with E-state index in [1.165, 1.54) is 7.05 Å². The molecule has 0 aliphatic heterocycles. The standard InChI is InChI=1S/C3H6F2N/c1-6-3(5)2-4/h6H,2H2,1H3. The molecule has 0 aromatic heterocycles. The highest BCUT2D eigenvalue weighted by Crippen LogP contribution is 1.91. The highest BCUT2D eigenvalue weighted by Gasteiger charge is 1.98. The molecule has 0 aromatic carbocycles. The average Bonchev–Trinajstić information content (AvgIpc) is 1.65. The van der Waals surface area contributed by atoms with Crippen LogP contribution < -0.4 is 5.32 Å². The van der Waals surface area contributed by atoms with E-state index in [4.69, 9.17) is 0 Å². The van der Waals surface area contributed by atoms with Crippen LogP contribution in [0.25, 0.3) is 0 Å². The van der Waals surface area contributed by atoms with Crippen molar-refractivity contribution >= 4 is 0 Å². The van der Waals surface area contributed by atoms with Gasteiger partial charge in [-0.15, -0.1) is 0 Å². The quantitative estimate of drug-likeness (QED) is 0.495. The minimum atomic E-state index is -1.03. The first-order valence-corrected chi connectivity index (χ1v) is 1.56. The summed E-state index contributed by atoms with van der Waals surface area (Å²) in [6.45, 7) is -1.03. The van der Waals surface area contributed by atoms with E-state index in [9.17, 15) is 8.78 Å². The molecular weight excluding hydrogens is 88.0 g/mol. The first-order valence-electron chi connectivity index (χ1n) is 1.56. The van der Waals surface area contributed by atoms with Gasteiger partial charge in [0.1, 0.15) is 6.67 Å². The molecular formula is C3H6F2N. The summed E-state index contributed by atoms with van der Waals surface area (Å²) < 4.78 is 22.2. The Morgan fingerprint density at radius 2 is 2.33 bits per heavy atom. The second-order valence-electron chi connectivity index (χ2n) is 0.789. The summed E-state index contributed by atoms with van der Waals surface area (Å²) in [6, 6.07) is 0. The highest BCUT2D eigenvalue weighted by molar-refractivity contribution is 4.66. The topological polar surface area (TPSA) is 12.0 Å². The largest absolute Gasteiger partial charge is 0.282 e. The van der Waals surface area contributed by atoms with Gasteiger partial charge in [-0.25, -0.2) is 8.78 Å². The predicted octanol–water partition coefficient (Wildman–Crippen LogP) is 0.634. The summed E-state index contributed by atoms with van der Waals surface area (Å²) in [7, 11) is 1.33. The van der Waals surface area contributed by atoms with Crippen LogP contribution in [0, 0.1) is 6.30 Å². The summed E-state index contributed by atoms with van der Waals surface area (Å²) in [5.74, 6) is 0. The van der Waals surface area contributed by atoms with Crippen molar-refractivity contribution in [3.05, 3.63) is 6.30 Å². The summed E-state index contributed by atoms with van der Waals surface area (Å²) in [5.41, 5.74) is 0. The van der Waals surface area contributed by atoms with Crippen LogP contribution in [0.1, 0.15) is 0 Å². The van der Waals surface area contributed by atoms with Gasteiger partial charge < -0.3 is 0 Å². The Kier molecular flexibility index (Phi) is 2.94. The molecule has 37 valence electrons. The first-order chi connectivity index (χ1) is 2.81. The zero-order valence-electron chi connectivity index (χ0n) is 3.46. The lowest BCUT2D eigenvalue weighted by Crippen LogP contribution is -2.11. The van der Waals surface area contributed by atoms with Crippen molar-refractivity contribution in [2.75, 3.05) is 13.7 Å². The van der Waals surface area contributed by atoms with Gasteiger partial charge in [0.2, 0.25) is 6.30 Å². The van der Waals surface area contributed by atoms with Crippen LogP contribution in [0.3, 0.4) is 0 Å². The second kappa shape index (κ2) is 3.03. The van der Waals surface area contributed by atoms with E-state index in [0.29, 0.717) is 0 Å². The van der Waals surface area contributed by atoms with Gasteiger partial charge in [0.05, 0.1) is 0 Å². The van der Waals surface area contributed by atoms with Gasteiger partial charge >= 0.3 is 0 Å². The molecule has 6 heavy (non-hydrogen) atoms. The molecule has 1 N–H and O–H groups in total. The smallest absolute Gasteiger partial charge is 0.240 e. The number of nitrogens with one attached hydrogen (secondary N) is 1. The van der Waals surface area contributed by atoms with Crippen molar-refractivity contribution in [1.29, 1.82) is 0 Å². The van der Waals surface area contributed by atoms with Crippen molar-refractivity contribution < 1.29 is 8.78 Å². The van der Waals surface area contributed by atoms with Gasteiger partial charge in [-0.1, -0.05) is 0 Å². The Bertz CT molecular complexity index is 28.0. The van der Waals surface area contributed by atoms with E-state index in [0.717, 1.165) is 0 Å². The van der Waals surface area contributed by atoms with E-state index >= 15 is 0 Å². The van der Waals surface area contributed by atoms with Gasteiger partial charge in [0.25, 0.3) is 0 Å². The maximum atomic E-state index is 11.3. The van der Waals surface area contributed by atoms with Gasteiger partial charge in [-0.3, -0.25) is 5.32 Å². The Morgan fingerprint density at radius 3 is 2.33 bits per heavy atom. The van der Waals surface area contributed by atoms with Crippen LogP contribution in [0.2, 0.25) is 0 Å². The Hall–Kier alpha value is -0.180. The fourth-order valence-electron chi connectivity index (χ4n) is 0.0668. The van der Waals surface area contributed by atoms with E-state index in [1.807, 2.05) is 5.32 Å². The van der Waals surface area contributed by atoms with Gasteiger partial charge in [0, 0.05) is 0 Å². The highest BCUT2D eigenvalue weighted by atomic mass is 19.2. The summed E-state index contributed by atoms with van der Waals surface area (Å²) >= 11 is 0. The molecule has 0 rings (SSSR count). The Balaban J connectivity index is 2.75. The Labute approximate surface area is 35.4 Å². The van der Waals surface area contributed by atoms with Crippen molar-refractivity contribution in [3.63, 3.8) is 0 Å². The number of halogens is 2. The zero-order valence-corrected chi connectivity index (χ0v) is 3.46. The second-order valence-corrected chi connectivity index (χ2v) is 0.789. The molecule has 0 unspecified atom stereocenters. The van der Waals surface area contributed by atoms with Crippen molar-refractivity contribution in [2.45, 2.75) is 0 Å². The lowest BCUT2D eigenvalue weighted by molar-refractivity contribution is 0.340. The van der Waals surface area contributed by atoms with Gasteiger partial charge in [-0.2, -0.15) is 0 Å². The molecule has 0 atom stereocenters. The molecule has 0 aliphatic carbocycles. The third kappa shape index (κ3) is 2.08. The minimum Gasteiger partial charge on any atom is -0.282 e. The number of hydrogen-bond acceptors (Lipinski definition) is 1. The SMILES string of the molecule is CN[C](F)CF. The summed E-state index contributed by atoms with van der Waals surface area (Å²) in [4.78, 5) is 0. The molecule has 0 saturated carbocycles. The fraction of sp³-hybridized carbons (Fsp3) is 0.667. The zero-order chi connectivity index (χ0) is 4.99. The lowest BCUT2D eigenvalue weighted by Gasteiger charge is -1.92. The molecule has 1 radical (unpaired) electrons. The van der Waals surface area contributed by atoms with Crippen LogP contribution in [0.4, 0.5) is 8.78 Å². The maximum Gasteiger partial charge on any atom is 0.240 e. The molecule has 0 amide bonds. The molecule has 1 nitrogen and oxygen atoms in total. The van der Waals surface area contributed by atoms with E-state index in [2.05, 4.69) is 0 Å². The van der Waals surface area contributed by atoms with Crippen LogP contribution in [0.15, 0.2) is 0 Å². The molecule has 0 aromatic rings. The molecule has 0 spiro atoms. The summed E-state index contributed by atoms with van der Waals surface area (Å²) in [5, 5.41) is 1.99. The number of hydrogen-bond donors (Lipinski definition) is 1. The molecule has 0 heterocycles. The molecule has 0 bridgehead atoms. The van der Waals surface area contributed by atoms with Gasteiger partial charge in [-0.05, 0) is 7.05 Å². The normalized spacial score (nSPS) is 10.0. The van der Waals surface area contributed by atoms with Crippen LogP contribution >= 0.6 is 0 Å². The van der Waals surface area contributed by atoms with Crippen LogP contribution in [-0.2, 0) is 0 Å². The van der Waals surface area contributed by atoms with Crippen LogP contribution in [-0.4, -0.2) is 13.7 Å². The first kappa shape index (κ1) is 5.82. The molecule has 3 heteroatoms. The van der Waals surface area contributed by atoms with Crippen molar-refractivity contribution in [3.8, 4) is 0 Å².